The number of fused-ring (bicyclic) bond motifs is 1. The van der Waals surface area contributed by atoms with Crippen LogP contribution in [0.5, 0.6) is 11.5 Å². The molecule has 1 heterocycles. The highest BCUT2D eigenvalue weighted by atomic mass is 19.1. The van der Waals surface area contributed by atoms with E-state index in [1.807, 2.05) is 62.4 Å². The molecule has 0 unspecified atom stereocenters. The summed E-state index contributed by atoms with van der Waals surface area (Å²) in [7, 11) is 3.26. The van der Waals surface area contributed by atoms with E-state index in [2.05, 4.69) is 10.2 Å². The predicted molar refractivity (Wildman–Crippen MR) is 131 cm³/mol. The first-order chi connectivity index (χ1) is 16.4. The molecule has 0 saturated heterocycles. The van der Waals surface area contributed by atoms with Crippen LogP contribution in [-0.4, -0.2) is 37.6 Å². The van der Waals surface area contributed by atoms with Crippen molar-refractivity contribution in [3.05, 3.63) is 94.3 Å². The van der Waals surface area contributed by atoms with E-state index in [-0.39, 0.29) is 23.8 Å². The number of aryl methyl sites for hydroxylation is 1. The van der Waals surface area contributed by atoms with Crippen LogP contribution < -0.4 is 14.8 Å². The van der Waals surface area contributed by atoms with Gasteiger partial charge in [0.25, 0.3) is 5.91 Å². The summed E-state index contributed by atoms with van der Waals surface area (Å²) in [5, 5.41) is 3.20. The smallest absolute Gasteiger partial charge is 0.251 e. The Bertz CT molecular complexity index is 1150. The maximum Gasteiger partial charge on any atom is 0.251 e. The lowest BCUT2D eigenvalue weighted by atomic mass is 9.87. The lowest BCUT2D eigenvalue weighted by Crippen LogP contribution is -2.47. The van der Waals surface area contributed by atoms with Gasteiger partial charge in [-0.3, -0.25) is 9.69 Å². The molecule has 1 amide bonds. The first kappa shape index (κ1) is 23.8. The molecule has 3 aromatic carbocycles. The van der Waals surface area contributed by atoms with Crippen molar-refractivity contribution in [2.75, 3.05) is 20.8 Å². The van der Waals surface area contributed by atoms with Crippen molar-refractivity contribution in [1.29, 1.82) is 0 Å². The molecule has 0 saturated carbocycles. The second kappa shape index (κ2) is 10.3. The Morgan fingerprint density at radius 3 is 2.35 bits per heavy atom. The van der Waals surface area contributed by atoms with Crippen LogP contribution in [0.1, 0.15) is 45.6 Å². The summed E-state index contributed by atoms with van der Waals surface area (Å²) in [6, 6.07) is 17.9. The molecule has 0 aromatic heterocycles. The molecule has 178 valence electrons. The van der Waals surface area contributed by atoms with Crippen LogP contribution in [0.3, 0.4) is 0 Å². The molecule has 34 heavy (non-hydrogen) atoms. The van der Waals surface area contributed by atoms with Crippen molar-refractivity contribution < 1.29 is 18.7 Å². The van der Waals surface area contributed by atoms with Gasteiger partial charge in [-0.2, -0.15) is 0 Å². The molecule has 0 aliphatic carbocycles. The Morgan fingerprint density at radius 2 is 1.71 bits per heavy atom. The fourth-order valence-corrected chi connectivity index (χ4v) is 4.69. The van der Waals surface area contributed by atoms with Gasteiger partial charge in [-0.25, -0.2) is 4.39 Å². The lowest BCUT2D eigenvalue weighted by Gasteiger charge is -2.41. The molecule has 1 aliphatic heterocycles. The van der Waals surface area contributed by atoms with Gasteiger partial charge >= 0.3 is 0 Å². The van der Waals surface area contributed by atoms with Crippen molar-refractivity contribution in [2.45, 2.75) is 38.9 Å². The van der Waals surface area contributed by atoms with Crippen LogP contribution in [0.2, 0.25) is 0 Å². The zero-order valence-electron chi connectivity index (χ0n) is 20.1. The zero-order valence-corrected chi connectivity index (χ0v) is 20.1. The Hall–Kier alpha value is -3.38. The highest BCUT2D eigenvalue weighted by Crippen LogP contribution is 2.40. The second-order valence-corrected chi connectivity index (χ2v) is 8.83. The Labute approximate surface area is 200 Å². The van der Waals surface area contributed by atoms with Gasteiger partial charge in [-0.15, -0.1) is 0 Å². The highest BCUT2D eigenvalue weighted by Gasteiger charge is 2.34. The molecule has 0 spiro atoms. The van der Waals surface area contributed by atoms with E-state index in [1.165, 1.54) is 17.7 Å². The number of hydrogen-bond acceptors (Lipinski definition) is 4. The summed E-state index contributed by atoms with van der Waals surface area (Å²) in [6.07, 6.45) is 0.839. The number of carbonyl (C=O) groups excluding carboxylic acids is 1. The molecule has 0 bridgehead atoms. The summed E-state index contributed by atoms with van der Waals surface area (Å²) in [6.45, 7) is 5.47. The Balaban J connectivity index is 1.67. The monoisotopic (exact) mass is 462 g/mol. The van der Waals surface area contributed by atoms with Crippen LogP contribution in [0.4, 0.5) is 4.39 Å². The molecule has 4 rings (SSSR count). The predicted octanol–water partition coefficient (Wildman–Crippen LogP) is 5.07. The molecule has 5 nitrogen and oxygen atoms in total. The van der Waals surface area contributed by atoms with Gasteiger partial charge in [0.1, 0.15) is 5.82 Å². The summed E-state index contributed by atoms with van der Waals surface area (Å²) in [5.74, 6) is 0.997. The second-order valence-electron chi connectivity index (χ2n) is 8.83. The molecule has 3 aromatic rings. The van der Waals surface area contributed by atoms with E-state index >= 15 is 0 Å². The number of carbonyl (C=O) groups is 1. The minimum Gasteiger partial charge on any atom is -0.493 e. The summed E-state index contributed by atoms with van der Waals surface area (Å²) in [4.78, 5) is 15.4. The van der Waals surface area contributed by atoms with Crippen LogP contribution in [-0.2, 0) is 13.0 Å². The number of nitrogens with one attached hydrogen (secondary N) is 1. The standard InChI is InChI=1S/C28H31FN2O3/c1-18-5-9-21(10-6-18)28(32)30-19(2)27-24-16-26(34-4)25(33-3)15-22(24)13-14-31(27)17-20-7-11-23(29)12-8-20/h5-12,15-16,19,27H,13-14,17H2,1-4H3,(H,30,32)/t19-,27+/m1/s1. The number of nitrogens with zero attached hydrogens (tertiary/aromatic N) is 1. The van der Waals surface area contributed by atoms with E-state index in [9.17, 15) is 9.18 Å². The summed E-state index contributed by atoms with van der Waals surface area (Å²) >= 11 is 0. The normalized spacial score (nSPS) is 16.4. The molecule has 1 aliphatic rings. The quantitative estimate of drug-likeness (QED) is 0.533. The third-order valence-corrected chi connectivity index (χ3v) is 6.47. The van der Waals surface area contributed by atoms with Gasteiger partial charge in [0.2, 0.25) is 0 Å². The first-order valence-corrected chi connectivity index (χ1v) is 11.5. The zero-order chi connectivity index (χ0) is 24.2. The fourth-order valence-electron chi connectivity index (χ4n) is 4.69. The summed E-state index contributed by atoms with van der Waals surface area (Å²) < 4.78 is 24.6. The number of ether oxygens (including phenoxy) is 2. The third kappa shape index (κ3) is 5.07. The minimum atomic E-state index is -0.250. The highest BCUT2D eigenvalue weighted by molar-refractivity contribution is 5.94. The molecule has 6 heteroatoms. The topological polar surface area (TPSA) is 50.8 Å². The van der Waals surface area contributed by atoms with E-state index in [1.54, 1.807) is 14.2 Å². The Kier molecular flexibility index (Phi) is 7.17. The number of rotatable bonds is 7. The van der Waals surface area contributed by atoms with Gasteiger partial charge in [-0.1, -0.05) is 29.8 Å². The van der Waals surface area contributed by atoms with Crippen LogP contribution in [0.15, 0.2) is 60.7 Å². The third-order valence-electron chi connectivity index (χ3n) is 6.47. The SMILES string of the molecule is COc1cc2c(cc1OC)[C@H]([C@@H](C)NC(=O)c1ccc(C)cc1)N(Cc1ccc(F)cc1)CC2. The van der Waals surface area contributed by atoms with Gasteiger partial charge in [0.05, 0.1) is 20.3 Å². The van der Waals surface area contributed by atoms with Gasteiger partial charge in [-0.05, 0) is 73.4 Å². The van der Waals surface area contributed by atoms with Gasteiger partial charge in [0, 0.05) is 24.7 Å². The molecule has 1 N–H and O–H groups in total. The van der Waals surface area contributed by atoms with Gasteiger partial charge in [0.15, 0.2) is 11.5 Å². The lowest BCUT2D eigenvalue weighted by molar-refractivity contribution is 0.0877. The van der Waals surface area contributed by atoms with Crippen molar-refractivity contribution in [3.8, 4) is 11.5 Å². The molecular formula is C28H31FN2O3. The Morgan fingerprint density at radius 1 is 1.06 bits per heavy atom. The van der Waals surface area contributed by atoms with E-state index in [0.717, 1.165) is 29.7 Å². The van der Waals surface area contributed by atoms with E-state index in [4.69, 9.17) is 9.47 Å². The summed E-state index contributed by atoms with van der Waals surface area (Å²) in [5.41, 5.74) is 5.03. The number of hydrogen-bond donors (Lipinski definition) is 1. The maximum absolute atomic E-state index is 13.5. The number of benzene rings is 3. The molecule has 2 atom stereocenters. The largest absolute Gasteiger partial charge is 0.493 e. The first-order valence-electron chi connectivity index (χ1n) is 11.5. The molecule has 0 radical (unpaired) electrons. The van der Waals surface area contributed by atoms with Crippen molar-refractivity contribution in [3.63, 3.8) is 0 Å². The number of methoxy groups -OCH3 is 2. The van der Waals surface area contributed by atoms with Crippen LogP contribution in [0, 0.1) is 12.7 Å². The number of halogens is 1. The average molecular weight is 463 g/mol. The number of amides is 1. The average Bonchev–Trinajstić information content (AvgIpc) is 2.84. The maximum atomic E-state index is 13.5. The van der Waals surface area contributed by atoms with Crippen LogP contribution in [0.25, 0.3) is 0 Å². The van der Waals surface area contributed by atoms with E-state index < -0.39 is 0 Å². The molecular weight excluding hydrogens is 431 g/mol. The van der Waals surface area contributed by atoms with Gasteiger partial charge < -0.3 is 14.8 Å². The van der Waals surface area contributed by atoms with Crippen molar-refractivity contribution >= 4 is 5.91 Å². The fraction of sp³-hybridized carbons (Fsp3) is 0.321. The minimum absolute atomic E-state index is 0.0944. The van der Waals surface area contributed by atoms with Crippen molar-refractivity contribution in [2.24, 2.45) is 0 Å². The van der Waals surface area contributed by atoms with Crippen molar-refractivity contribution in [1.82, 2.24) is 10.2 Å². The van der Waals surface area contributed by atoms with Crippen LogP contribution >= 0.6 is 0 Å². The molecule has 0 fully saturated rings. The van der Waals surface area contributed by atoms with E-state index in [0.29, 0.717) is 23.6 Å².